The van der Waals surface area contributed by atoms with Gasteiger partial charge in [0.1, 0.15) is 0 Å². The maximum Gasteiger partial charge on any atom is 0.223 e. The summed E-state index contributed by atoms with van der Waals surface area (Å²) in [4.78, 5) is 8.22. The molecule has 0 fully saturated rings. The molecule has 122 valence electrons. The Morgan fingerprint density at radius 2 is 2.10 bits per heavy atom. The fraction of sp³-hybridized carbons (Fsp3) is 0.769. The van der Waals surface area contributed by atoms with E-state index in [1.165, 1.54) is 0 Å². The van der Waals surface area contributed by atoms with E-state index in [1.807, 2.05) is 0 Å². The Kier molecular flexibility index (Phi) is 11.2. The van der Waals surface area contributed by atoms with E-state index in [0.29, 0.717) is 43.3 Å². The molecule has 0 bridgehead atoms. The van der Waals surface area contributed by atoms with Gasteiger partial charge in [-0.1, -0.05) is 19.0 Å². The van der Waals surface area contributed by atoms with Crippen LogP contribution < -0.4 is 10.6 Å². The summed E-state index contributed by atoms with van der Waals surface area (Å²) in [6.45, 7) is 8.79. The lowest BCUT2D eigenvalue weighted by Gasteiger charge is -2.11. The standard InChI is InChI=1S/C13H25N5O2.HI/c1-10(2)5-7-19-8-6-15-13(14-4)16-9-12-17-11(3)20-18-12;/h10H,5-9H2,1-4H3,(H2,14,15,16);1H. The van der Waals surface area contributed by atoms with Gasteiger partial charge < -0.3 is 19.9 Å². The van der Waals surface area contributed by atoms with Crippen LogP contribution in [0, 0.1) is 12.8 Å². The summed E-state index contributed by atoms with van der Waals surface area (Å²) in [6, 6.07) is 0. The predicted molar refractivity (Wildman–Crippen MR) is 92.9 cm³/mol. The Labute approximate surface area is 143 Å². The number of hydrogen-bond donors (Lipinski definition) is 2. The van der Waals surface area contributed by atoms with Crippen LogP contribution in [0.4, 0.5) is 0 Å². The summed E-state index contributed by atoms with van der Waals surface area (Å²) in [5.41, 5.74) is 0. The van der Waals surface area contributed by atoms with E-state index in [0.717, 1.165) is 13.0 Å². The molecule has 1 rings (SSSR count). The second-order valence-electron chi connectivity index (χ2n) is 4.88. The van der Waals surface area contributed by atoms with Crippen molar-refractivity contribution in [2.24, 2.45) is 10.9 Å². The molecule has 0 radical (unpaired) electrons. The predicted octanol–water partition coefficient (Wildman–Crippen LogP) is 1.72. The molecule has 0 aliphatic heterocycles. The molecular weight excluding hydrogens is 385 g/mol. The molecule has 0 amide bonds. The van der Waals surface area contributed by atoms with Crippen LogP contribution in [0.3, 0.4) is 0 Å². The second kappa shape index (κ2) is 11.7. The first-order valence-electron chi connectivity index (χ1n) is 6.93. The highest BCUT2D eigenvalue weighted by atomic mass is 127. The summed E-state index contributed by atoms with van der Waals surface area (Å²) in [5, 5.41) is 10.1. The molecule has 2 N–H and O–H groups in total. The average Bonchev–Trinajstić information content (AvgIpc) is 2.82. The number of rotatable bonds is 8. The lowest BCUT2D eigenvalue weighted by atomic mass is 10.1. The number of aliphatic imine (C=N–C) groups is 1. The molecule has 0 aliphatic carbocycles. The number of ether oxygens (including phenoxy) is 1. The Balaban J connectivity index is 0.00000400. The molecule has 0 spiro atoms. The zero-order valence-electron chi connectivity index (χ0n) is 13.2. The molecule has 1 heterocycles. The van der Waals surface area contributed by atoms with Gasteiger partial charge in [0.2, 0.25) is 5.89 Å². The first-order valence-corrected chi connectivity index (χ1v) is 6.93. The Hall–Kier alpha value is -0.900. The lowest BCUT2D eigenvalue weighted by molar-refractivity contribution is 0.128. The molecule has 0 aliphatic rings. The van der Waals surface area contributed by atoms with Crippen molar-refractivity contribution in [2.75, 3.05) is 26.8 Å². The third-order valence-corrected chi connectivity index (χ3v) is 2.59. The van der Waals surface area contributed by atoms with E-state index >= 15 is 0 Å². The number of aromatic nitrogens is 2. The van der Waals surface area contributed by atoms with Crippen molar-refractivity contribution in [2.45, 2.75) is 33.7 Å². The Morgan fingerprint density at radius 1 is 1.33 bits per heavy atom. The number of nitrogens with one attached hydrogen (secondary N) is 2. The number of guanidine groups is 1. The third-order valence-electron chi connectivity index (χ3n) is 2.59. The molecule has 0 unspecified atom stereocenters. The van der Waals surface area contributed by atoms with Gasteiger partial charge >= 0.3 is 0 Å². The van der Waals surface area contributed by atoms with Crippen molar-refractivity contribution in [3.8, 4) is 0 Å². The van der Waals surface area contributed by atoms with E-state index in [9.17, 15) is 0 Å². The van der Waals surface area contributed by atoms with Gasteiger partial charge in [0.05, 0.1) is 13.2 Å². The van der Waals surface area contributed by atoms with Crippen molar-refractivity contribution in [3.05, 3.63) is 11.7 Å². The Bertz CT molecular complexity index is 409. The molecule has 21 heavy (non-hydrogen) atoms. The van der Waals surface area contributed by atoms with Gasteiger partial charge in [0.15, 0.2) is 11.8 Å². The van der Waals surface area contributed by atoms with Gasteiger partial charge in [0, 0.05) is 27.1 Å². The number of hydrogen-bond acceptors (Lipinski definition) is 5. The molecular formula is C13H26IN5O2. The minimum absolute atomic E-state index is 0. The van der Waals surface area contributed by atoms with Crippen molar-refractivity contribution in [3.63, 3.8) is 0 Å². The van der Waals surface area contributed by atoms with Crippen molar-refractivity contribution in [1.82, 2.24) is 20.8 Å². The molecule has 1 aromatic heterocycles. The number of halogens is 1. The first kappa shape index (κ1) is 20.1. The van der Waals surface area contributed by atoms with E-state index < -0.39 is 0 Å². The summed E-state index contributed by atoms with van der Waals surface area (Å²) in [7, 11) is 1.72. The smallest absolute Gasteiger partial charge is 0.223 e. The van der Waals surface area contributed by atoms with Crippen LogP contribution in [0.25, 0.3) is 0 Å². The topological polar surface area (TPSA) is 84.6 Å². The van der Waals surface area contributed by atoms with Gasteiger partial charge in [-0.15, -0.1) is 24.0 Å². The molecule has 0 saturated heterocycles. The molecule has 1 aromatic rings. The van der Waals surface area contributed by atoms with Gasteiger partial charge in [-0.2, -0.15) is 4.98 Å². The summed E-state index contributed by atoms with van der Waals surface area (Å²) < 4.78 is 10.4. The van der Waals surface area contributed by atoms with Crippen molar-refractivity contribution < 1.29 is 9.26 Å². The van der Waals surface area contributed by atoms with Crippen LogP contribution in [0.15, 0.2) is 9.52 Å². The van der Waals surface area contributed by atoms with Gasteiger partial charge in [-0.25, -0.2) is 0 Å². The van der Waals surface area contributed by atoms with Crippen LogP contribution in [0.1, 0.15) is 32.0 Å². The SMILES string of the molecule is CN=C(NCCOCCC(C)C)NCc1noc(C)n1.I. The Morgan fingerprint density at radius 3 is 2.67 bits per heavy atom. The highest BCUT2D eigenvalue weighted by molar-refractivity contribution is 14.0. The highest BCUT2D eigenvalue weighted by Gasteiger charge is 2.03. The number of aryl methyl sites for hydroxylation is 1. The fourth-order valence-corrected chi connectivity index (χ4v) is 1.46. The van der Waals surface area contributed by atoms with E-state index in [2.05, 4.69) is 39.6 Å². The third kappa shape index (κ3) is 9.62. The summed E-state index contributed by atoms with van der Waals surface area (Å²) in [5.74, 6) is 2.54. The fourth-order valence-electron chi connectivity index (χ4n) is 1.46. The molecule has 0 saturated carbocycles. The van der Waals surface area contributed by atoms with E-state index in [4.69, 9.17) is 9.26 Å². The minimum atomic E-state index is 0. The first-order chi connectivity index (χ1) is 9.61. The van der Waals surface area contributed by atoms with Gasteiger partial charge in [0.25, 0.3) is 0 Å². The van der Waals surface area contributed by atoms with Crippen LogP contribution >= 0.6 is 24.0 Å². The van der Waals surface area contributed by atoms with Crippen LogP contribution in [-0.4, -0.2) is 42.9 Å². The molecule has 7 nitrogen and oxygen atoms in total. The van der Waals surface area contributed by atoms with Gasteiger partial charge in [-0.3, -0.25) is 4.99 Å². The maximum absolute atomic E-state index is 5.52. The molecule has 0 aromatic carbocycles. The van der Waals surface area contributed by atoms with Crippen LogP contribution in [0.2, 0.25) is 0 Å². The molecule has 0 atom stereocenters. The van der Waals surface area contributed by atoms with E-state index in [-0.39, 0.29) is 24.0 Å². The summed E-state index contributed by atoms with van der Waals surface area (Å²) in [6.07, 6.45) is 1.09. The van der Waals surface area contributed by atoms with Crippen molar-refractivity contribution >= 4 is 29.9 Å². The highest BCUT2D eigenvalue weighted by Crippen LogP contribution is 1.98. The lowest BCUT2D eigenvalue weighted by Crippen LogP contribution is -2.38. The normalized spacial score (nSPS) is 11.4. The average molecular weight is 411 g/mol. The van der Waals surface area contributed by atoms with Gasteiger partial charge in [-0.05, 0) is 12.3 Å². The second-order valence-corrected chi connectivity index (χ2v) is 4.88. The quantitative estimate of drug-likeness (QED) is 0.293. The molecule has 8 heteroatoms. The zero-order chi connectivity index (χ0) is 14.8. The zero-order valence-corrected chi connectivity index (χ0v) is 15.5. The largest absolute Gasteiger partial charge is 0.380 e. The number of nitrogens with zero attached hydrogens (tertiary/aromatic N) is 3. The van der Waals surface area contributed by atoms with Crippen molar-refractivity contribution in [1.29, 1.82) is 0 Å². The van der Waals surface area contributed by atoms with Crippen LogP contribution in [-0.2, 0) is 11.3 Å². The van der Waals surface area contributed by atoms with E-state index in [1.54, 1.807) is 14.0 Å². The van der Waals surface area contributed by atoms with Crippen LogP contribution in [0.5, 0.6) is 0 Å². The summed E-state index contributed by atoms with van der Waals surface area (Å²) >= 11 is 0. The monoisotopic (exact) mass is 411 g/mol. The minimum Gasteiger partial charge on any atom is -0.380 e. The maximum atomic E-state index is 5.52.